The topological polar surface area (TPSA) is 48.0 Å². The van der Waals surface area contributed by atoms with Crippen LogP contribution in [0.4, 0.5) is 0 Å². The second kappa shape index (κ2) is 6.03. The smallest absolute Gasteiger partial charge is 0.169 e. The molecule has 1 aromatic carbocycles. The number of rotatable bonds is 7. The number of nitrogens with two attached hydrogens (primary N) is 1. The summed E-state index contributed by atoms with van der Waals surface area (Å²) in [6, 6.07) is 8.29. The highest BCUT2D eigenvalue weighted by molar-refractivity contribution is 6.11. The summed E-state index contributed by atoms with van der Waals surface area (Å²) < 4.78 is 2.25. The Morgan fingerprint density at radius 3 is 2.38 bits per heavy atom. The lowest BCUT2D eigenvalue weighted by atomic mass is 10.0. The van der Waals surface area contributed by atoms with E-state index in [2.05, 4.69) is 56.7 Å². The van der Waals surface area contributed by atoms with Crippen LogP contribution in [0.15, 0.2) is 30.5 Å². The SMILES string of the molecule is CC1(C)C(C(=O)c2cn(CCCCCN)c3ccccc23)C1(C)C. The van der Waals surface area contributed by atoms with Crippen molar-refractivity contribution in [3.63, 3.8) is 0 Å². The zero-order valence-corrected chi connectivity index (χ0v) is 15.4. The molecule has 130 valence electrons. The van der Waals surface area contributed by atoms with Crippen LogP contribution in [0.1, 0.15) is 57.3 Å². The Kier molecular flexibility index (Phi) is 4.33. The number of aromatic nitrogens is 1. The predicted molar refractivity (Wildman–Crippen MR) is 100 cm³/mol. The Morgan fingerprint density at radius 1 is 1.08 bits per heavy atom. The summed E-state index contributed by atoms with van der Waals surface area (Å²) in [6.45, 7) is 10.5. The zero-order chi connectivity index (χ0) is 17.5. The van der Waals surface area contributed by atoms with Crippen molar-refractivity contribution in [2.75, 3.05) is 6.54 Å². The third-order valence-electron chi connectivity index (χ3n) is 6.44. The van der Waals surface area contributed by atoms with E-state index in [0.29, 0.717) is 5.78 Å². The average Bonchev–Trinajstić information content (AvgIpc) is 2.83. The van der Waals surface area contributed by atoms with Gasteiger partial charge in [0.15, 0.2) is 5.78 Å². The van der Waals surface area contributed by atoms with E-state index >= 15 is 0 Å². The van der Waals surface area contributed by atoms with Gasteiger partial charge in [0.1, 0.15) is 0 Å². The molecule has 0 aliphatic heterocycles. The van der Waals surface area contributed by atoms with Crippen LogP contribution >= 0.6 is 0 Å². The summed E-state index contributed by atoms with van der Waals surface area (Å²) in [6.07, 6.45) is 5.38. The van der Waals surface area contributed by atoms with Crippen LogP contribution in [0.3, 0.4) is 0 Å². The first-order valence-electron chi connectivity index (χ1n) is 9.14. The Bertz CT molecular complexity index is 740. The molecule has 1 aromatic heterocycles. The molecule has 1 aliphatic rings. The number of benzene rings is 1. The van der Waals surface area contributed by atoms with Crippen molar-refractivity contribution in [2.24, 2.45) is 22.5 Å². The van der Waals surface area contributed by atoms with Crippen LogP contribution in [0.2, 0.25) is 0 Å². The lowest BCUT2D eigenvalue weighted by molar-refractivity contribution is 0.0946. The summed E-state index contributed by atoms with van der Waals surface area (Å²) in [5.41, 5.74) is 7.81. The molecule has 0 bridgehead atoms. The molecule has 3 nitrogen and oxygen atoms in total. The van der Waals surface area contributed by atoms with E-state index in [0.717, 1.165) is 43.3 Å². The molecule has 1 fully saturated rings. The maximum atomic E-state index is 13.2. The van der Waals surface area contributed by atoms with E-state index in [-0.39, 0.29) is 16.7 Å². The number of carbonyl (C=O) groups is 1. The van der Waals surface area contributed by atoms with E-state index < -0.39 is 0 Å². The number of ketones is 1. The fourth-order valence-corrected chi connectivity index (χ4v) is 4.24. The minimum atomic E-state index is 0.0778. The lowest BCUT2D eigenvalue weighted by Crippen LogP contribution is -2.07. The number of aryl methyl sites for hydroxylation is 1. The van der Waals surface area contributed by atoms with Gasteiger partial charge in [0.05, 0.1) is 0 Å². The number of carbonyl (C=O) groups excluding carboxylic acids is 1. The first-order valence-corrected chi connectivity index (χ1v) is 9.14. The molecule has 2 N–H and O–H groups in total. The Hall–Kier alpha value is -1.61. The Labute approximate surface area is 145 Å². The molecule has 0 radical (unpaired) electrons. The summed E-state index contributed by atoms with van der Waals surface area (Å²) >= 11 is 0. The molecular weight excluding hydrogens is 296 g/mol. The van der Waals surface area contributed by atoms with Gasteiger partial charge in [-0.1, -0.05) is 52.3 Å². The molecule has 0 atom stereocenters. The molecular formula is C21H30N2O. The number of hydrogen-bond donors (Lipinski definition) is 1. The van der Waals surface area contributed by atoms with Crippen molar-refractivity contribution in [3.05, 3.63) is 36.0 Å². The quantitative estimate of drug-likeness (QED) is 0.595. The number of unbranched alkanes of at least 4 members (excludes halogenated alkanes) is 2. The molecule has 1 aliphatic carbocycles. The largest absolute Gasteiger partial charge is 0.347 e. The van der Waals surface area contributed by atoms with E-state index in [1.807, 2.05) is 6.07 Å². The molecule has 3 heteroatoms. The first kappa shape index (κ1) is 17.2. The maximum Gasteiger partial charge on any atom is 0.169 e. The fourth-order valence-electron chi connectivity index (χ4n) is 4.24. The minimum Gasteiger partial charge on any atom is -0.347 e. The van der Waals surface area contributed by atoms with Crippen LogP contribution in [-0.4, -0.2) is 16.9 Å². The van der Waals surface area contributed by atoms with Gasteiger partial charge < -0.3 is 10.3 Å². The Balaban J connectivity index is 1.90. The fraction of sp³-hybridized carbons (Fsp3) is 0.571. The third-order valence-corrected chi connectivity index (χ3v) is 6.44. The number of para-hydroxylation sites is 1. The van der Waals surface area contributed by atoms with Crippen LogP contribution < -0.4 is 5.73 Å². The van der Waals surface area contributed by atoms with Crippen LogP contribution in [0, 0.1) is 16.7 Å². The van der Waals surface area contributed by atoms with Gasteiger partial charge in [-0.05, 0) is 36.3 Å². The maximum absolute atomic E-state index is 13.2. The zero-order valence-electron chi connectivity index (χ0n) is 15.4. The van der Waals surface area contributed by atoms with Crippen molar-refractivity contribution in [1.82, 2.24) is 4.57 Å². The van der Waals surface area contributed by atoms with Gasteiger partial charge in [-0.15, -0.1) is 0 Å². The molecule has 0 unspecified atom stereocenters. The van der Waals surface area contributed by atoms with Gasteiger partial charge >= 0.3 is 0 Å². The molecule has 0 saturated heterocycles. The second-order valence-corrected chi connectivity index (χ2v) is 8.34. The van der Waals surface area contributed by atoms with Crippen molar-refractivity contribution < 1.29 is 4.79 Å². The van der Waals surface area contributed by atoms with Gasteiger partial charge in [0, 0.05) is 35.1 Å². The van der Waals surface area contributed by atoms with Gasteiger partial charge in [-0.3, -0.25) is 4.79 Å². The second-order valence-electron chi connectivity index (χ2n) is 8.34. The van der Waals surface area contributed by atoms with Crippen molar-refractivity contribution in [1.29, 1.82) is 0 Å². The van der Waals surface area contributed by atoms with Crippen molar-refractivity contribution >= 4 is 16.7 Å². The van der Waals surface area contributed by atoms with E-state index in [1.165, 1.54) is 5.52 Å². The normalized spacial score (nSPS) is 18.9. The molecule has 1 heterocycles. The molecule has 3 rings (SSSR count). The first-order chi connectivity index (χ1) is 11.3. The lowest BCUT2D eigenvalue weighted by Gasteiger charge is -2.04. The average molecular weight is 326 g/mol. The highest BCUT2D eigenvalue weighted by Crippen LogP contribution is 2.69. The number of nitrogens with zero attached hydrogens (tertiary/aromatic N) is 1. The molecule has 1 saturated carbocycles. The standard InChI is InChI=1S/C21H30N2O/c1-20(2)19(21(20,3)4)18(24)16-14-23(13-9-5-8-12-22)17-11-7-6-10-15(16)17/h6-7,10-11,14,19H,5,8-9,12-13,22H2,1-4H3. The van der Waals surface area contributed by atoms with Crippen molar-refractivity contribution in [3.8, 4) is 0 Å². The highest BCUT2D eigenvalue weighted by atomic mass is 16.1. The van der Waals surface area contributed by atoms with Crippen molar-refractivity contribution in [2.45, 2.75) is 53.5 Å². The number of hydrogen-bond acceptors (Lipinski definition) is 2. The molecule has 24 heavy (non-hydrogen) atoms. The number of fused-ring (bicyclic) bond motifs is 1. The van der Waals surface area contributed by atoms with Gasteiger partial charge in [0.25, 0.3) is 0 Å². The molecule has 0 amide bonds. The van der Waals surface area contributed by atoms with E-state index in [9.17, 15) is 4.79 Å². The van der Waals surface area contributed by atoms with Crippen LogP contribution in [0.5, 0.6) is 0 Å². The highest BCUT2D eigenvalue weighted by Gasteiger charge is 2.68. The van der Waals surface area contributed by atoms with Gasteiger partial charge in [0.2, 0.25) is 0 Å². The summed E-state index contributed by atoms with van der Waals surface area (Å²) in [5, 5.41) is 1.10. The van der Waals surface area contributed by atoms with Crippen LogP contribution in [0.25, 0.3) is 10.9 Å². The molecule has 2 aromatic rings. The summed E-state index contributed by atoms with van der Waals surface area (Å²) in [4.78, 5) is 13.2. The number of Topliss-reactive ketones (excluding diaryl/α,β-unsaturated/α-hetero) is 1. The summed E-state index contributed by atoms with van der Waals surface area (Å²) in [5.74, 6) is 0.420. The van der Waals surface area contributed by atoms with E-state index in [4.69, 9.17) is 5.73 Å². The minimum absolute atomic E-state index is 0.0778. The van der Waals surface area contributed by atoms with Gasteiger partial charge in [-0.25, -0.2) is 0 Å². The third kappa shape index (κ3) is 2.59. The monoisotopic (exact) mass is 326 g/mol. The van der Waals surface area contributed by atoms with Gasteiger partial charge in [-0.2, -0.15) is 0 Å². The van der Waals surface area contributed by atoms with E-state index in [1.54, 1.807) is 0 Å². The summed E-state index contributed by atoms with van der Waals surface area (Å²) in [7, 11) is 0. The Morgan fingerprint density at radius 2 is 1.75 bits per heavy atom. The predicted octanol–water partition coefficient (Wildman–Crippen LogP) is 4.64. The van der Waals surface area contributed by atoms with Crippen LogP contribution in [-0.2, 0) is 6.54 Å². The molecule has 0 spiro atoms.